The second kappa shape index (κ2) is 7.18. The number of nitrogens with zero attached hydrogens (tertiary/aromatic N) is 2. The van der Waals surface area contributed by atoms with Gasteiger partial charge in [-0.1, -0.05) is 65.9 Å². The largest absolute Gasteiger partial charge is 0.451 e. The average molecular weight is 398 g/mol. The number of amides is 1. The van der Waals surface area contributed by atoms with Gasteiger partial charge in [-0.3, -0.25) is 9.69 Å². The second-order valence-corrected chi connectivity index (χ2v) is 8.00. The molecule has 1 amide bonds. The van der Waals surface area contributed by atoms with Crippen LogP contribution in [-0.2, 0) is 6.54 Å². The molecule has 0 radical (unpaired) electrons. The predicted molar refractivity (Wildman–Crippen MR) is 118 cm³/mol. The molecule has 5 aromatic rings. The van der Waals surface area contributed by atoms with Crippen LogP contribution in [0.25, 0.3) is 21.2 Å². The lowest BCUT2D eigenvalue weighted by Crippen LogP contribution is -2.30. The molecule has 0 aliphatic carbocycles. The minimum Gasteiger partial charge on any atom is -0.451 e. The molecule has 0 N–H and O–H groups in total. The summed E-state index contributed by atoms with van der Waals surface area (Å²) in [5, 5.41) is 1.58. The Hall–Kier alpha value is -3.44. The van der Waals surface area contributed by atoms with Crippen molar-refractivity contribution in [3.8, 4) is 0 Å². The molecule has 2 aromatic heterocycles. The third-order valence-corrected chi connectivity index (χ3v) is 5.87. The lowest BCUT2D eigenvalue weighted by molar-refractivity contribution is 0.0960. The zero-order valence-electron chi connectivity index (χ0n) is 15.8. The third kappa shape index (κ3) is 3.41. The first-order valence-corrected chi connectivity index (χ1v) is 10.2. The first-order chi connectivity index (χ1) is 14.2. The maximum atomic E-state index is 13.5. The highest BCUT2D eigenvalue weighted by Gasteiger charge is 2.24. The van der Waals surface area contributed by atoms with Crippen LogP contribution in [0.3, 0.4) is 0 Å². The van der Waals surface area contributed by atoms with Gasteiger partial charge < -0.3 is 4.42 Å². The van der Waals surface area contributed by atoms with Gasteiger partial charge in [-0.2, -0.15) is 0 Å². The minimum atomic E-state index is -0.194. The Morgan fingerprint density at radius 3 is 2.62 bits per heavy atom. The highest BCUT2D eigenvalue weighted by Crippen LogP contribution is 2.32. The quantitative estimate of drug-likeness (QED) is 0.362. The van der Waals surface area contributed by atoms with Crippen LogP contribution in [0.5, 0.6) is 0 Å². The van der Waals surface area contributed by atoms with Crippen LogP contribution in [0.4, 0.5) is 5.13 Å². The molecule has 0 spiro atoms. The van der Waals surface area contributed by atoms with Crippen molar-refractivity contribution in [2.24, 2.45) is 0 Å². The van der Waals surface area contributed by atoms with E-state index in [1.54, 1.807) is 11.0 Å². The Morgan fingerprint density at radius 2 is 1.79 bits per heavy atom. The molecule has 142 valence electrons. The number of rotatable bonds is 4. The molecule has 0 aliphatic rings. The van der Waals surface area contributed by atoms with Gasteiger partial charge in [0.1, 0.15) is 5.58 Å². The number of fused-ring (bicyclic) bond motifs is 2. The number of anilines is 1. The van der Waals surface area contributed by atoms with Crippen molar-refractivity contribution in [2.75, 3.05) is 4.90 Å². The van der Waals surface area contributed by atoms with Gasteiger partial charge in [0.05, 0.1) is 16.8 Å². The Balaban J connectivity index is 1.59. The van der Waals surface area contributed by atoms with Crippen LogP contribution in [0.1, 0.15) is 21.7 Å². The summed E-state index contributed by atoms with van der Waals surface area (Å²) in [6, 6.07) is 25.5. The number of benzene rings is 3. The molecule has 5 rings (SSSR count). The summed E-state index contributed by atoms with van der Waals surface area (Å²) in [6.07, 6.45) is 0. The number of furan rings is 1. The van der Waals surface area contributed by atoms with Crippen molar-refractivity contribution >= 4 is 43.6 Å². The highest BCUT2D eigenvalue weighted by molar-refractivity contribution is 7.22. The zero-order valence-corrected chi connectivity index (χ0v) is 16.6. The smallest absolute Gasteiger partial charge is 0.296 e. The van der Waals surface area contributed by atoms with Crippen molar-refractivity contribution < 1.29 is 9.21 Å². The van der Waals surface area contributed by atoms with Crippen molar-refractivity contribution in [1.29, 1.82) is 0 Å². The second-order valence-electron chi connectivity index (χ2n) is 6.99. The van der Waals surface area contributed by atoms with Gasteiger partial charge in [0, 0.05) is 5.39 Å². The van der Waals surface area contributed by atoms with E-state index in [-0.39, 0.29) is 5.91 Å². The van der Waals surface area contributed by atoms with Gasteiger partial charge in [0.15, 0.2) is 10.9 Å². The van der Waals surface area contributed by atoms with Gasteiger partial charge in [-0.25, -0.2) is 4.98 Å². The van der Waals surface area contributed by atoms with E-state index in [0.717, 1.165) is 21.2 Å². The number of aryl methyl sites for hydroxylation is 1. The molecular weight excluding hydrogens is 380 g/mol. The van der Waals surface area contributed by atoms with Crippen LogP contribution in [0.2, 0.25) is 0 Å². The molecule has 0 bridgehead atoms. The molecule has 0 fully saturated rings. The van der Waals surface area contributed by atoms with E-state index in [2.05, 4.69) is 13.0 Å². The van der Waals surface area contributed by atoms with Gasteiger partial charge in [-0.05, 0) is 42.3 Å². The summed E-state index contributed by atoms with van der Waals surface area (Å²) >= 11 is 1.52. The summed E-state index contributed by atoms with van der Waals surface area (Å²) in [4.78, 5) is 19.9. The van der Waals surface area contributed by atoms with E-state index in [1.165, 1.54) is 16.9 Å². The number of aromatic nitrogens is 1. The number of carbonyl (C=O) groups excluding carboxylic acids is 1. The SMILES string of the molecule is Cc1ccc2nc(N(Cc3ccccc3)C(=O)c3cc4ccccc4o3)sc2c1. The Morgan fingerprint density at radius 1 is 1.00 bits per heavy atom. The molecule has 0 saturated carbocycles. The van der Waals surface area contributed by atoms with Gasteiger partial charge >= 0.3 is 0 Å². The van der Waals surface area contributed by atoms with Crippen LogP contribution in [0, 0.1) is 6.92 Å². The number of thiazole rings is 1. The molecule has 0 aliphatic heterocycles. The fraction of sp³-hybridized carbons (Fsp3) is 0.0833. The molecule has 5 heteroatoms. The first-order valence-electron chi connectivity index (χ1n) is 9.39. The van der Waals surface area contributed by atoms with Gasteiger partial charge in [0.25, 0.3) is 5.91 Å². The topological polar surface area (TPSA) is 46.3 Å². The molecule has 29 heavy (non-hydrogen) atoms. The Labute approximate surface area is 172 Å². The molecule has 0 saturated heterocycles. The standard InChI is InChI=1S/C24H18N2O2S/c1-16-11-12-19-22(13-16)29-24(25-19)26(15-17-7-3-2-4-8-17)23(27)21-14-18-9-5-6-10-20(18)28-21/h2-14H,15H2,1H3. The summed E-state index contributed by atoms with van der Waals surface area (Å²) in [6.45, 7) is 2.48. The Kier molecular flexibility index (Phi) is 4.37. The van der Waals surface area contributed by atoms with Crippen molar-refractivity contribution in [2.45, 2.75) is 13.5 Å². The third-order valence-electron chi connectivity index (χ3n) is 4.83. The summed E-state index contributed by atoms with van der Waals surface area (Å²) < 4.78 is 6.91. The van der Waals surface area contributed by atoms with Crippen LogP contribution in [0.15, 0.2) is 83.3 Å². The number of hydrogen-bond donors (Lipinski definition) is 0. The fourth-order valence-corrected chi connectivity index (χ4v) is 4.41. The maximum Gasteiger partial charge on any atom is 0.296 e. The van der Waals surface area contributed by atoms with Crippen LogP contribution >= 0.6 is 11.3 Å². The van der Waals surface area contributed by atoms with Crippen LogP contribution < -0.4 is 4.90 Å². The van der Waals surface area contributed by atoms with Gasteiger partial charge in [0.2, 0.25) is 0 Å². The van der Waals surface area contributed by atoms with E-state index in [9.17, 15) is 4.79 Å². The van der Waals surface area contributed by atoms with Gasteiger partial charge in [-0.15, -0.1) is 0 Å². The number of hydrogen-bond acceptors (Lipinski definition) is 4. The lowest BCUT2D eigenvalue weighted by atomic mass is 10.2. The predicted octanol–water partition coefficient (Wildman–Crippen LogP) is 6.20. The lowest BCUT2D eigenvalue weighted by Gasteiger charge is -2.18. The van der Waals surface area contributed by atoms with Crippen LogP contribution in [-0.4, -0.2) is 10.9 Å². The molecular formula is C24H18N2O2S. The van der Waals surface area contributed by atoms with Crippen molar-refractivity contribution in [3.05, 3.63) is 95.7 Å². The number of carbonyl (C=O) groups is 1. The number of para-hydroxylation sites is 1. The molecule has 0 unspecified atom stereocenters. The highest BCUT2D eigenvalue weighted by atomic mass is 32.1. The normalized spacial score (nSPS) is 11.2. The van der Waals surface area contributed by atoms with E-state index >= 15 is 0 Å². The maximum absolute atomic E-state index is 13.5. The fourth-order valence-electron chi connectivity index (χ4n) is 3.35. The zero-order chi connectivity index (χ0) is 19.8. The average Bonchev–Trinajstić information content (AvgIpc) is 3.36. The van der Waals surface area contributed by atoms with E-state index in [0.29, 0.717) is 23.0 Å². The molecule has 2 heterocycles. The van der Waals surface area contributed by atoms with E-state index in [4.69, 9.17) is 9.40 Å². The summed E-state index contributed by atoms with van der Waals surface area (Å²) in [5.74, 6) is 0.124. The van der Waals surface area contributed by atoms with E-state index in [1.807, 2.05) is 66.7 Å². The van der Waals surface area contributed by atoms with Crippen molar-refractivity contribution in [3.63, 3.8) is 0 Å². The summed E-state index contributed by atoms with van der Waals surface area (Å²) in [5.41, 5.74) is 3.81. The molecule has 3 aromatic carbocycles. The first kappa shape index (κ1) is 17.6. The van der Waals surface area contributed by atoms with Crippen molar-refractivity contribution in [1.82, 2.24) is 4.98 Å². The monoisotopic (exact) mass is 398 g/mol. The minimum absolute atomic E-state index is 0.194. The Bertz CT molecular complexity index is 1290. The molecule has 4 nitrogen and oxygen atoms in total. The van der Waals surface area contributed by atoms with E-state index < -0.39 is 0 Å². The molecule has 0 atom stereocenters. The summed E-state index contributed by atoms with van der Waals surface area (Å²) in [7, 11) is 0.